The van der Waals surface area contributed by atoms with Gasteiger partial charge in [-0.25, -0.2) is 0 Å². The van der Waals surface area contributed by atoms with Crippen molar-refractivity contribution in [3.05, 3.63) is 29.3 Å². The number of aliphatic imine (C=N–C) groups is 1. The molecule has 0 saturated carbocycles. The maximum absolute atomic E-state index is 5.88. The largest absolute Gasteiger partial charge is 0.374 e. The summed E-state index contributed by atoms with van der Waals surface area (Å²) in [5.74, 6) is 1.78. The van der Waals surface area contributed by atoms with Gasteiger partial charge in [-0.1, -0.05) is 11.6 Å². The Kier molecular flexibility index (Phi) is 11.1. The van der Waals surface area contributed by atoms with Crippen LogP contribution in [0, 0.1) is 0 Å². The molecule has 136 valence electrons. The van der Waals surface area contributed by atoms with Gasteiger partial charge in [0.25, 0.3) is 0 Å². The summed E-state index contributed by atoms with van der Waals surface area (Å²) in [5.41, 5.74) is 0. The van der Waals surface area contributed by atoms with Crippen LogP contribution in [0.1, 0.15) is 0 Å². The first-order valence-corrected chi connectivity index (χ1v) is 9.17. The molecular weight excluding hydrogens is 459 g/mol. The molecule has 1 aromatic carbocycles. The van der Waals surface area contributed by atoms with Gasteiger partial charge in [0.1, 0.15) is 0 Å². The van der Waals surface area contributed by atoms with Crippen LogP contribution in [0.25, 0.3) is 0 Å². The molecule has 0 aromatic heterocycles. The standard InChI is InChI=1S/C16H25ClN4OS.HI/c1-18-16(20-11-14-12-21(2)8-9-22-14)19-7-10-23-15-5-3-13(17)4-6-15;/h3-6,14H,7-12H2,1-2H3,(H2,18,19,20);1H. The minimum absolute atomic E-state index is 0. The van der Waals surface area contributed by atoms with Crippen molar-refractivity contribution in [3.8, 4) is 0 Å². The fourth-order valence-corrected chi connectivity index (χ4v) is 3.18. The number of thioether (sulfide) groups is 1. The van der Waals surface area contributed by atoms with Crippen LogP contribution in [0.15, 0.2) is 34.2 Å². The predicted molar refractivity (Wildman–Crippen MR) is 114 cm³/mol. The average Bonchev–Trinajstić information content (AvgIpc) is 2.56. The van der Waals surface area contributed by atoms with E-state index in [0.717, 1.165) is 49.5 Å². The minimum atomic E-state index is 0. The van der Waals surface area contributed by atoms with Gasteiger partial charge in [-0.15, -0.1) is 35.7 Å². The maximum Gasteiger partial charge on any atom is 0.191 e. The van der Waals surface area contributed by atoms with E-state index in [1.54, 1.807) is 18.8 Å². The lowest BCUT2D eigenvalue weighted by Gasteiger charge is -2.30. The highest BCUT2D eigenvalue weighted by Crippen LogP contribution is 2.19. The Morgan fingerprint density at radius 3 is 2.79 bits per heavy atom. The molecule has 1 unspecified atom stereocenters. The molecule has 2 N–H and O–H groups in total. The number of hydrogen-bond donors (Lipinski definition) is 2. The van der Waals surface area contributed by atoms with Crippen LogP contribution in [0.2, 0.25) is 5.02 Å². The van der Waals surface area contributed by atoms with Crippen molar-refractivity contribution < 1.29 is 4.74 Å². The second-order valence-corrected chi connectivity index (χ2v) is 7.04. The van der Waals surface area contributed by atoms with Crippen molar-refractivity contribution in [1.29, 1.82) is 0 Å². The lowest BCUT2D eigenvalue weighted by Crippen LogP contribution is -2.48. The quantitative estimate of drug-likeness (QED) is 0.214. The van der Waals surface area contributed by atoms with Gasteiger partial charge in [-0.05, 0) is 31.3 Å². The molecule has 24 heavy (non-hydrogen) atoms. The van der Waals surface area contributed by atoms with Gasteiger partial charge in [0.05, 0.1) is 12.7 Å². The molecule has 5 nitrogen and oxygen atoms in total. The van der Waals surface area contributed by atoms with E-state index < -0.39 is 0 Å². The summed E-state index contributed by atoms with van der Waals surface area (Å²) in [7, 11) is 3.91. The van der Waals surface area contributed by atoms with E-state index in [1.807, 2.05) is 24.3 Å². The average molecular weight is 485 g/mol. The lowest BCUT2D eigenvalue weighted by atomic mass is 10.3. The van der Waals surface area contributed by atoms with Crippen LogP contribution in [0.5, 0.6) is 0 Å². The predicted octanol–water partition coefficient (Wildman–Crippen LogP) is 2.55. The fourth-order valence-electron chi connectivity index (χ4n) is 2.29. The maximum atomic E-state index is 5.88. The summed E-state index contributed by atoms with van der Waals surface area (Å²) in [4.78, 5) is 7.75. The van der Waals surface area contributed by atoms with Crippen LogP contribution in [0.3, 0.4) is 0 Å². The number of ether oxygens (including phenoxy) is 1. The number of halogens is 2. The molecule has 1 aliphatic rings. The normalized spacial score (nSPS) is 18.8. The topological polar surface area (TPSA) is 48.9 Å². The third-order valence-electron chi connectivity index (χ3n) is 3.54. The van der Waals surface area contributed by atoms with Gasteiger partial charge in [0.15, 0.2) is 5.96 Å². The highest BCUT2D eigenvalue weighted by atomic mass is 127. The van der Waals surface area contributed by atoms with Crippen molar-refractivity contribution >= 4 is 53.3 Å². The lowest BCUT2D eigenvalue weighted by molar-refractivity contribution is -0.0161. The fraction of sp³-hybridized carbons (Fsp3) is 0.562. The molecule has 0 amide bonds. The Balaban J connectivity index is 0.00000288. The number of benzene rings is 1. The smallest absolute Gasteiger partial charge is 0.191 e. The van der Waals surface area contributed by atoms with Crippen molar-refractivity contribution in [2.75, 3.05) is 52.6 Å². The summed E-state index contributed by atoms with van der Waals surface area (Å²) in [6, 6.07) is 7.91. The zero-order valence-corrected chi connectivity index (χ0v) is 18.0. The number of hydrogen-bond acceptors (Lipinski definition) is 4. The second kappa shape index (κ2) is 12.2. The van der Waals surface area contributed by atoms with E-state index >= 15 is 0 Å². The summed E-state index contributed by atoms with van der Waals surface area (Å²) in [6.07, 6.45) is 0.218. The van der Waals surface area contributed by atoms with E-state index in [-0.39, 0.29) is 30.1 Å². The van der Waals surface area contributed by atoms with Crippen molar-refractivity contribution in [1.82, 2.24) is 15.5 Å². The second-order valence-electron chi connectivity index (χ2n) is 5.44. The number of nitrogens with zero attached hydrogens (tertiary/aromatic N) is 2. The first-order chi connectivity index (χ1) is 11.2. The van der Waals surface area contributed by atoms with Crippen molar-refractivity contribution in [2.24, 2.45) is 4.99 Å². The molecule has 1 aromatic rings. The van der Waals surface area contributed by atoms with Gasteiger partial charge < -0.3 is 20.3 Å². The Hall–Kier alpha value is -0.220. The molecular formula is C16H26ClIN4OS. The molecule has 1 heterocycles. The zero-order chi connectivity index (χ0) is 16.5. The zero-order valence-electron chi connectivity index (χ0n) is 14.1. The van der Waals surface area contributed by atoms with Crippen LogP contribution >= 0.6 is 47.3 Å². The molecule has 1 fully saturated rings. The van der Waals surface area contributed by atoms with E-state index in [4.69, 9.17) is 16.3 Å². The summed E-state index contributed by atoms with van der Waals surface area (Å²) < 4.78 is 5.73. The number of likely N-dealkylation sites (N-methyl/N-ethyl adjacent to an activating group) is 1. The Morgan fingerprint density at radius 2 is 2.12 bits per heavy atom. The molecule has 2 rings (SSSR count). The SMILES string of the molecule is CN=C(NCCSc1ccc(Cl)cc1)NCC1CN(C)CCO1.I. The first kappa shape index (κ1) is 21.8. The van der Waals surface area contributed by atoms with Crippen LogP contribution < -0.4 is 10.6 Å². The van der Waals surface area contributed by atoms with E-state index in [1.165, 1.54) is 4.90 Å². The van der Waals surface area contributed by atoms with Crippen molar-refractivity contribution in [2.45, 2.75) is 11.0 Å². The van der Waals surface area contributed by atoms with Crippen LogP contribution in [-0.4, -0.2) is 69.6 Å². The van der Waals surface area contributed by atoms with E-state index in [2.05, 4.69) is 27.6 Å². The molecule has 0 aliphatic carbocycles. The van der Waals surface area contributed by atoms with E-state index in [0.29, 0.717) is 0 Å². The Morgan fingerprint density at radius 1 is 1.38 bits per heavy atom. The van der Waals surface area contributed by atoms with E-state index in [9.17, 15) is 0 Å². The van der Waals surface area contributed by atoms with Gasteiger partial charge in [-0.3, -0.25) is 4.99 Å². The van der Waals surface area contributed by atoms with Crippen molar-refractivity contribution in [3.63, 3.8) is 0 Å². The summed E-state index contributed by atoms with van der Waals surface area (Å²) in [6.45, 7) is 4.38. The summed E-state index contributed by atoms with van der Waals surface area (Å²) >= 11 is 7.68. The molecule has 0 bridgehead atoms. The molecule has 0 radical (unpaired) electrons. The molecule has 1 atom stereocenters. The third kappa shape index (κ3) is 8.24. The number of rotatable bonds is 6. The Bertz CT molecular complexity index is 503. The molecule has 1 saturated heterocycles. The Labute approximate surface area is 171 Å². The molecule has 8 heteroatoms. The minimum Gasteiger partial charge on any atom is -0.374 e. The van der Waals surface area contributed by atoms with Crippen LogP contribution in [-0.2, 0) is 4.74 Å². The summed E-state index contributed by atoms with van der Waals surface area (Å²) in [5, 5.41) is 7.42. The van der Waals surface area contributed by atoms with Gasteiger partial charge >= 0.3 is 0 Å². The number of nitrogens with one attached hydrogen (secondary N) is 2. The van der Waals surface area contributed by atoms with Gasteiger partial charge in [0.2, 0.25) is 0 Å². The highest BCUT2D eigenvalue weighted by Gasteiger charge is 2.17. The van der Waals surface area contributed by atoms with Crippen LogP contribution in [0.4, 0.5) is 0 Å². The number of guanidine groups is 1. The monoisotopic (exact) mass is 484 g/mol. The van der Waals surface area contributed by atoms with Gasteiger partial charge in [0, 0.05) is 48.9 Å². The molecule has 1 aliphatic heterocycles. The van der Waals surface area contributed by atoms with Gasteiger partial charge in [-0.2, -0.15) is 0 Å². The highest BCUT2D eigenvalue weighted by molar-refractivity contribution is 14.0. The first-order valence-electron chi connectivity index (χ1n) is 7.80. The third-order valence-corrected chi connectivity index (χ3v) is 4.81. The molecule has 0 spiro atoms. The number of morpholine rings is 1.